The Labute approximate surface area is 67.8 Å². The average Bonchev–Trinajstić information content (AvgIpc) is 2.46. The van der Waals surface area contributed by atoms with Crippen molar-refractivity contribution in [2.75, 3.05) is 0 Å². The van der Waals surface area contributed by atoms with Crippen molar-refractivity contribution >= 4 is 11.4 Å². The third-order valence-electron chi connectivity index (χ3n) is 1.52. The van der Waals surface area contributed by atoms with Crippen molar-refractivity contribution in [1.82, 2.24) is 14.6 Å². The lowest BCUT2D eigenvalue weighted by atomic mass is 10.4. The SMILES string of the molecule is NC(=O)c1cc2cnccn2n1. The van der Waals surface area contributed by atoms with E-state index in [9.17, 15) is 4.79 Å². The van der Waals surface area contributed by atoms with Crippen LogP contribution >= 0.6 is 0 Å². The van der Waals surface area contributed by atoms with Crippen molar-refractivity contribution < 1.29 is 4.79 Å². The highest BCUT2D eigenvalue weighted by Crippen LogP contribution is 2.02. The normalized spacial score (nSPS) is 10.3. The molecule has 0 atom stereocenters. The molecule has 0 saturated carbocycles. The number of amides is 1. The highest BCUT2D eigenvalue weighted by Gasteiger charge is 2.05. The molecule has 0 aromatic carbocycles. The minimum Gasteiger partial charge on any atom is -0.364 e. The molecule has 0 spiro atoms. The smallest absolute Gasteiger partial charge is 0.269 e. The van der Waals surface area contributed by atoms with Gasteiger partial charge in [0.1, 0.15) is 0 Å². The maximum atomic E-state index is 10.7. The lowest BCUT2D eigenvalue weighted by molar-refractivity contribution is 0.0995. The highest BCUT2D eigenvalue weighted by molar-refractivity contribution is 5.91. The van der Waals surface area contributed by atoms with Crippen molar-refractivity contribution in [2.24, 2.45) is 5.73 Å². The van der Waals surface area contributed by atoms with E-state index in [1.807, 2.05) is 0 Å². The minimum absolute atomic E-state index is 0.253. The fraction of sp³-hybridized carbons (Fsp3) is 0. The molecule has 60 valence electrons. The first-order valence-electron chi connectivity index (χ1n) is 3.36. The van der Waals surface area contributed by atoms with Crippen LogP contribution in [0.25, 0.3) is 5.52 Å². The summed E-state index contributed by atoms with van der Waals surface area (Å²) in [4.78, 5) is 14.6. The summed E-state index contributed by atoms with van der Waals surface area (Å²) in [6.45, 7) is 0. The average molecular weight is 162 g/mol. The molecule has 5 heteroatoms. The number of fused-ring (bicyclic) bond motifs is 1. The summed E-state index contributed by atoms with van der Waals surface area (Å²) in [5.74, 6) is -0.529. The molecule has 1 amide bonds. The predicted molar refractivity (Wildman–Crippen MR) is 41.5 cm³/mol. The number of carbonyl (C=O) groups excluding carboxylic acids is 1. The number of carbonyl (C=O) groups is 1. The summed E-state index contributed by atoms with van der Waals surface area (Å²) in [7, 11) is 0. The summed E-state index contributed by atoms with van der Waals surface area (Å²) in [6, 6.07) is 1.59. The van der Waals surface area contributed by atoms with Gasteiger partial charge in [-0.25, -0.2) is 4.52 Å². The molecule has 0 radical (unpaired) electrons. The molecule has 2 aromatic rings. The molecular weight excluding hydrogens is 156 g/mol. The Hall–Kier alpha value is -1.91. The van der Waals surface area contributed by atoms with Crippen LogP contribution in [0, 0.1) is 0 Å². The molecule has 2 heterocycles. The van der Waals surface area contributed by atoms with Crippen LogP contribution in [0.5, 0.6) is 0 Å². The number of aromatic nitrogens is 3. The number of hydrogen-bond acceptors (Lipinski definition) is 3. The zero-order valence-corrected chi connectivity index (χ0v) is 6.14. The van der Waals surface area contributed by atoms with Crippen molar-refractivity contribution in [2.45, 2.75) is 0 Å². The molecule has 2 N–H and O–H groups in total. The summed E-state index contributed by atoms with van der Waals surface area (Å²) in [5, 5.41) is 3.91. The van der Waals surface area contributed by atoms with Crippen LogP contribution in [-0.4, -0.2) is 20.5 Å². The molecule has 2 rings (SSSR count). The van der Waals surface area contributed by atoms with E-state index < -0.39 is 5.91 Å². The molecule has 0 saturated heterocycles. The number of nitrogens with two attached hydrogens (primary N) is 1. The molecule has 12 heavy (non-hydrogen) atoms. The molecule has 0 aliphatic carbocycles. The van der Waals surface area contributed by atoms with Crippen molar-refractivity contribution in [3.05, 3.63) is 30.4 Å². The van der Waals surface area contributed by atoms with Crippen LogP contribution in [0.2, 0.25) is 0 Å². The maximum Gasteiger partial charge on any atom is 0.269 e. The second-order valence-electron chi connectivity index (χ2n) is 2.34. The minimum atomic E-state index is -0.529. The first-order valence-corrected chi connectivity index (χ1v) is 3.36. The van der Waals surface area contributed by atoms with Crippen LogP contribution in [0.1, 0.15) is 10.5 Å². The predicted octanol–water partition coefficient (Wildman–Crippen LogP) is -0.172. The van der Waals surface area contributed by atoms with Gasteiger partial charge >= 0.3 is 0 Å². The monoisotopic (exact) mass is 162 g/mol. The van der Waals surface area contributed by atoms with Gasteiger partial charge in [-0.15, -0.1) is 0 Å². The van der Waals surface area contributed by atoms with E-state index in [2.05, 4.69) is 10.1 Å². The van der Waals surface area contributed by atoms with Gasteiger partial charge < -0.3 is 5.73 Å². The number of rotatable bonds is 1. The van der Waals surface area contributed by atoms with Crippen LogP contribution in [0.4, 0.5) is 0 Å². The summed E-state index contributed by atoms with van der Waals surface area (Å²) >= 11 is 0. The van der Waals surface area contributed by atoms with E-state index in [1.54, 1.807) is 29.2 Å². The largest absolute Gasteiger partial charge is 0.364 e. The van der Waals surface area contributed by atoms with E-state index >= 15 is 0 Å². The lowest BCUT2D eigenvalue weighted by Crippen LogP contribution is -2.11. The van der Waals surface area contributed by atoms with Gasteiger partial charge in [0.05, 0.1) is 11.7 Å². The fourth-order valence-electron chi connectivity index (χ4n) is 0.966. The van der Waals surface area contributed by atoms with Gasteiger partial charge in [-0.1, -0.05) is 0 Å². The Bertz CT molecular complexity index is 401. The van der Waals surface area contributed by atoms with Crippen LogP contribution in [-0.2, 0) is 0 Å². The molecule has 0 fully saturated rings. The number of nitrogens with zero attached hydrogens (tertiary/aromatic N) is 3. The Balaban J connectivity index is 2.70. The van der Waals surface area contributed by atoms with E-state index in [4.69, 9.17) is 5.73 Å². The third-order valence-corrected chi connectivity index (χ3v) is 1.52. The van der Waals surface area contributed by atoms with Gasteiger partial charge in [-0.05, 0) is 6.07 Å². The Morgan fingerprint density at radius 2 is 2.42 bits per heavy atom. The van der Waals surface area contributed by atoms with Crippen molar-refractivity contribution in [3.8, 4) is 0 Å². The van der Waals surface area contributed by atoms with E-state index in [1.165, 1.54) is 0 Å². The molecule has 0 bridgehead atoms. The Morgan fingerprint density at radius 1 is 1.58 bits per heavy atom. The van der Waals surface area contributed by atoms with Crippen LogP contribution < -0.4 is 5.73 Å². The second-order valence-corrected chi connectivity index (χ2v) is 2.34. The molecule has 0 aliphatic heterocycles. The van der Waals surface area contributed by atoms with Gasteiger partial charge in [0.15, 0.2) is 5.69 Å². The van der Waals surface area contributed by atoms with Gasteiger partial charge in [0.2, 0.25) is 0 Å². The molecular formula is C7H6N4O. The molecule has 5 nitrogen and oxygen atoms in total. The third kappa shape index (κ3) is 0.914. The maximum absolute atomic E-state index is 10.7. The van der Waals surface area contributed by atoms with E-state index in [0.29, 0.717) is 0 Å². The molecule has 0 aliphatic rings. The number of primary amides is 1. The Kier molecular flexibility index (Phi) is 1.30. The van der Waals surface area contributed by atoms with E-state index in [-0.39, 0.29) is 5.69 Å². The summed E-state index contributed by atoms with van der Waals surface area (Å²) in [5.41, 5.74) is 6.05. The second kappa shape index (κ2) is 2.30. The van der Waals surface area contributed by atoms with Gasteiger partial charge in [-0.2, -0.15) is 5.10 Å². The molecule has 2 aromatic heterocycles. The number of hydrogen-bond donors (Lipinski definition) is 1. The first kappa shape index (κ1) is 6.78. The fourth-order valence-corrected chi connectivity index (χ4v) is 0.966. The topological polar surface area (TPSA) is 73.3 Å². The van der Waals surface area contributed by atoms with Crippen LogP contribution in [0.15, 0.2) is 24.7 Å². The Morgan fingerprint density at radius 3 is 3.08 bits per heavy atom. The zero-order valence-electron chi connectivity index (χ0n) is 6.14. The highest BCUT2D eigenvalue weighted by atomic mass is 16.1. The summed E-state index contributed by atoms with van der Waals surface area (Å²) < 4.78 is 1.55. The van der Waals surface area contributed by atoms with E-state index in [0.717, 1.165) is 5.52 Å². The first-order chi connectivity index (χ1) is 5.77. The van der Waals surface area contributed by atoms with Crippen molar-refractivity contribution in [1.29, 1.82) is 0 Å². The van der Waals surface area contributed by atoms with Crippen LogP contribution in [0.3, 0.4) is 0 Å². The standard InChI is InChI=1S/C7H6N4O/c8-7(12)6-3-5-4-9-1-2-11(5)10-6/h1-4H,(H2,8,12). The van der Waals surface area contributed by atoms with Gasteiger partial charge in [0.25, 0.3) is 5.91 Å². The van der Waals surface area contributed by atoms with Gasteiger partial charge in [-0.3, -0.25) is 9.78 Å². The zero-order chi connectivity index (χ0) is 8.55. The molecule has 0 unspecified atom stereocenters. The quantitative estimate of drug-likeness (QED) is 0.632. The van der Waals surface area contributed by atoms with Gasteiger partial charge in [0, 0.05) is 12.4 Å². The van der Waals surface area contributed by atoms with Crippen molar-refractivity contribution in [3.63, 3.8) is 0 Å². The lowest BCUT2D eigenvalue weighted by Gasteiger charge is -1.86. The summed E-state index contributed by atoms with van der Waals surface area (Å²) in [6.07, 6.45) is 4.85.